The fourth-order valence-corrected chi connectivity index (χ4v) is 1.87. The van der Waals surface area contributed by atoms with Crippen LogP contribution in [0.15, 0.2) is 24.3 Å². The zero-order valence-electron chi connectivity index (χ0n) is 9.41. The van der Waals surface area contributed by atoms with Crippen molar-refractivity contribution in [2.24, 2.45) is 5.73 Å². The lowest BCUT2D eigenvalue weighted by Gasteiger charge is -2.28. The van der Waals surface area contributed by atoms with Crippen LogP contribution in [0.5, 0.6) is 0 Å². The third kappa shape index (κ3) is 3.01. The molecule has 1 rings (SSSR count). The molecule has 0 spiro atoms. The summed E-state index contributed by atoms with van der Waals surface area (Å²) in [5.41, 5.74) is 6.70. The van der Waals surface area contributed by atoms with E-state index in [9.17, 15) is 4.39 Å². The summed E-state index contributed by atoms with van der Waals surface area (Å²) in [6.07, 6.45) is 0. The maximum Gasteiger partial charge on any atom is 0.123 e. The predicted octanol–water partition coefficient (Wildman–Crippen LogP) is 2.17. The van der Waals surface area contributed by atoms with Gasteiger partial charge in [0.2, 0.25) is 0 Å². The van der Waals surface area contributed by atoms with E-state index in [1.165, 1.54) is 6.07 Å². The average molecular weight is 210 g/mol. The van der Waals surface area contributed by atoms with Crippen molar-refractivity contribution >= 4 is 0 Å². The lowest BCUT2D eigenvalue weighted by Crippen LogP contribution is -2.33. The highest BCUT2D eigenvalue weighted by atomic mass is 19.1. The van der Waals surface area contributed by atoms with E-state index in [2.05, 4.69) is 18.7 Å². The van der Waals surface area contributed by atoms with Crippen LogP contribution >= 0.6 is 0 Å². The lowest BCUT2D eigenvalue weighted by molar-refractivity contribution is 0.223. The van der Waals surface area contributed by atoms with Crippen molar-refractivity contribution in [1.82, 2.24) is 4.90 Å². The van der Waals surface area contributed by atoms with Crippen LogP contribution < -0.4 is 5.73 Å². The van der Waals surface area contributed by atoms with Crippen molar-refractivity contribution in [3.63, 3.8) is 0 Å². The molecule has 0 aliphatic heterocycles. The van der Waals surface area contributed by atoms with E-state index in [4.69, 9.17) is 5.73 Å². The summed E-state index contributed by atoms with van der Waals surface area (Å²) in [7, 11) is 0. The van der Waals surface area contributed by atoms with Crippen LogP contribution in [0.1, 0.15) is 25.5 Å². The van der Waals surface area contributed by atoms with E-state index in [0.29, 0.717) is 6.54 Å². The second-order valence-electron chi connectivity index (χ2n) is 3.53. The van der Waals surface area contributed by atoms with Gasteiger partial charge < -0.3 is 5.73 Å². The Labute approximate surface area is 90.9 Å². The van der Waals surface area contributed by atoms with Crippen LogP contribution in [0.4, 0.5) is 4.39 Å². The summed E-state index contributed by atoms with van der Waals surface area (Å²) in [5.74, 6) is -0.196. The SMILES string of the molecule is CCN(CC)C(CN)c1cccc(F)c1. The molecule has 84 valence electrons. The first kappa shape index (κ1) is 12.1. The van der Waals surface area contributed by atoms with E-state index >= 15 is 0 Å². The van der Waals surface area contributed by atoms with E-state index in [-0.39, 0.29) is 11.9 Å². The maximum atomic E-state index is 13.1. The average Bonchev–Trinajstić information content (AvgIpc) is 2.25. The zero-order chi connectivity index (χ0) is 11.3. The molecular formula is C12H19FN2. The highest BCUT2D eigenvalue weighted by Crippen LogP contribution is 2.19. The molecule has 0 saturated carbocycles. The first-order valence-electron chi connectivity index (χ1n) is 5.42. The molecule has 1 unspecified atom stereocenters. The largest absolute Gasteiger partial charge is 0.329 e. The number of hydrogen-bond donors (Lipinski definition) is 1. The van der Waals surface area contributed by atoms with Gasteiger partial charge in [0.1, 0.15) is 5.82 Å². The molecular weight excluding hydrogens is 191 g/mol. The van der Waals surface area contributed by atoms with E-state index < -0.39 is 0 Å². The molecule has 0 radical (unpaired) electrons. The molecule has 0 fully saturated rings. The first-order chi connectivity index (χ1) is 7.22. The summed E-state index contributed by atoms with van der Waals surface area (Å²) in [6.45, 7) is 6.55. The number of nitrogens with zero attached hydrogens (tertiary/aromatic N) is 1. The Morgan fingerprint density at radius 3 is 2.47 bits per heavy atom. The Balaban J connectivity index is 2.90. The predicted molar refractivity (Wildman–Crippen MR) is 61.1 cm³/mol. The smallest absolute Gasteiger partial charge is 0.123 e. The van der Waals surface area contributed by atoms with Gasteiger partial charge in [-0.2, -0.15) is 0 Å². The molecule has 0 aliphatic carbocycles. The van der Waals surface area contributed by atoms with Crippen LogP contribution in [0, 0.1) is 5.82 Å². The topological polar surface area (TPSA) is 29.3 Å². The summed E-state index contributed by atoms with van der Waals surface area (Å²) >= 11 is 0. The summed E-state index contributed by atoms with van der Waals surface area (Å²) in [6, 6.07) is 6.81. The monoisotopic (exact) mass is 210 g/mol. The molecule has 1 atom stereocenters. The molecule has 0 heterocycles. The van der Waals surface area contributed by atoms with Crippen LogP contribution in [0.3, 0.4) is 0 Å². The molecule has 1 aromatic carbocycles. The molecule has 15 heavy (non-hydrogen) atoms. The highest BCUT2D eigenvalue weighted by Gasteiger charge is 2.16. The molecule has 0 aromatic heterocycles. The van der Waals surface area contributed by atoms with Crippen molar-refractivity contribution in [1.29, 1.82) is 0 Å². The molecule has 2 N–H and O–H groups in total. The van der Waals surface area contributed by atoms with Gasteiger partial charge >= 0.3 is 0 Å². The Kier molecular flexibility index (Phi) is 4.72. The number of benzene rings is 1. The van der Waals surface area contributed by atoms with Gasteiger partial charge in [-0.1, -0.05) is 26.0 Å². The highest BCUT2D eigenvalue weighted by molar-refractivity contribution is 5.20. The number of halogens is 1. The number of likely N-dealkylation sites (N-methyl/N-ethyl adjacent to an activating group) is 1. The molecule has 2 nitrogen and oxygen atoms in total. The summed E-state index contributed by atoms with van der Waals surface area (Å²) in [4.78, 5) is 2.23. The van der Waals surface area contributed by atoms with Crippen molar-refractivity contribution in [2.75, 3.05) is 19.6 Å². The second kappa shape index (κ2) is 5.83. The van der Waals surface area contributed by atoms with Crippen molar-refractivity contribution in [3.05, 3.63) is 35.6 Å². The lowest BCUT2D eigenvalue weighted by atomic mass is 10.1. The number of nitrogens with two attached hydrogens (primary N) is 1. The second-order valence-corrected chi connectivity index (χ2v) is 3.53. The molecule has 1 aromatic rings. The van der Waals surface area contributed by atoms with Gasteiger partial charge in [0.05, 0.1) is 0 Å². The van der Waals surface area contributed by atoms with Gasteiger partial charge in [0.15, 0.2) is 0 Å². The van der Waals surface area contributed by atoms with Gasteiger partial charge in [0, 0.05) is 12.6 Å². The van der Waals surface area contributed by atoms with Gasteiger partial charge in [-0.3, -0.25) is 4.90 Å². The fraction of sp³-hybridized carbons (Fsp3) is 0.500. The quantitative estimate of drug-likeness (QED) is 0.807. The third-order valence-corrected chi connectivity index (χ3v) is 2.71. The Morgan fingerprint density at radius 2 is 2.00 bits per heavy atom. The van der Waals surface area contributed by atoms with E-state index in [1.54, 1.807) is 12.1 Å². The van der Waals surface area contributed by atoms with Gasteiger partial charge in [0.25, 0.3) is 0 Å². The molecule has 3 heteroatoms. The zero-order valence-corrected chi connectivity index (χ0v) is 9.41. The van der Waals surface area contributed by atoms with Gasteiger partial charge in [-0.25, -0.2) is 4.39 Å². The molecule has 0 amide bonds. The maximum absolute atomic E-state index is 13.1. The minimum Gasteiger partial charge on any atom is -0.329 e. The summed E-state index contributed by atoms with van der Waals surface area (Å²) < 4.78 is 13.1. The van der Waals surface area contributed by atoms with Crippen molar-refractivity contribution in [3.8, 4) is 0 Å². The molecule has 0 bridgehead atoms. The molecule has 0 aliphatic rings. The van der Waals surface area contributed by atoms with Crippen molar-refractivity contribution < 1.29 is 4.39 Å². The van der Waals surface area contributed by atoms with Gasteiger partial charge in [-0.05, 0) is 30.8 Å². The summed E-state index contributed by atoms with van der Waals surface area (Å²) in [5, 5.41) is 0. The Morgan fingerprint density at radius 1 is 1.33 bits per heavy atom. The van der Waals surface area contributed by atoms with Crippen LogP contribution in [0.25, 0.3) is 0 Å². The van der Waals surface area contributed by atoms with Crippen molar-refractivity contribution in [2.45, 2.75) is 19.9 Å². The van der Waals surface area contributed by atoms with E-state index in [1.807, 2.05) is 6.07 Å². The van der Waals surface area contributed by atoms with E-state index in [0.717, 1.165) is 18.7 Å². The minimum absolute atomic E-state index is 0.121. The third-order valence-electron chi connectivity index (χ3n) is 2.71. The standard InChI is InChI=1S/C12H19FN2/c1-3-15(4-2)12(9-14)10-6-5-7-11(13)8-10/h5-8,12H,3-4,9,14H2,1-2H3. The number of hydrogen-bond acceptors (Lipinski definition) is 2. The van der Waals surface area contributed by atoms with Crippen LogP contribution in [-0.2, 0) is 0 Å². The Hall–Kier alpha value is -0.930. The number of rotatable bonds is 5. The first-order valence-corrected chi connectivity index (χ1v) is 5.42. The van der Waals surface area contributed by atoms with Crippen LogP contribution in [0.2, 0.25) is 0 Å². The Bertz CT molecular complexity index is 297. The minimum atomic E-state index is -0.196. The van der Waals surface area contributed by atoms with Gasteiger partial charge in [-0.15, -0.1) is 0 Å². The van der Waals surface area contributed by atoms with Crippen LogP contribution in [-0.4, -0.2) is 24.5 Å². The fourth-order valence-electron chi connectivity index (χ4n) is 1.87. The molecule has 0 saturated heterocycles. The normalized spacial score (nSPS) is 13.1.